The van der Waals surface area contributed by atoms with Crippen LogP contribution in [0, 0.1) is 6.92 Å². The summed E-state index contributed by atoms with van der Waals surface area (Å²) in [5.41, 5.74) is 0.274. The fourth-order valence-corrected chi connectivity index (χ4v) is 4.94. The second kappa shape index (κ2) is 9.34. The number of nitrogens with zero attached hydrogens (tertiary/aromatic N) is 3. The number of ether oxygens (including phenoxy) is 1. The smallest absolute Gasteiger partial charge is 0.273 e. The van der Waals surface area contributed by atoms with E-state index >= 15 is 0 Å². The van der Waals surface area contributed by atoms with Crippen molar-refractivity contribution in [2.24, 2.45) is 0 Å². The molecule has 1 aromatic rings. The van der Waals surface area contributed by atoms with E-state index < -0.39 is 10.0 Å². The number of nitrogens with one attached hydrogen (secondary N) is 1. The maximum atomic E-state index is 12.2. The molecule has 3 rings (SSSR count). The van der Waals surface area contributed by atoms with Gasteiger partial charge in [-0.15, -0.1) is 0 Å². The van der Waals surface area contributed by atoms with Gasteiger partial charge in [0.25, 0.3) is 5.91 Å². The Morgan fingerprint density at radius 3 is 2.71 bits per heavy atom. The van der Waals surface area contributed by atoms with Crippen LogP contribution >= 0.6 is 0 Å². The summed E-state index contributed by atoms with van der Waals surface area (Å²) < 4.78 is 36.0. The Kier molecular flexibility index (Phi) is 7.08. The molecule has 1 amide bonds. The molecule has 9 nitrogen and oxygen atoms in total. The third-order valence-electron chi connectivity index (χ3n) is 5.47. The molecule has 0 radical (unpaired) electrons. The highest BCUT2D eigenvalue weighted by molar-refractivity contribution is 7.88. The summed E-state index contributed by atoms with van der Waals surface area (Å²) in [5, 5.41) is 6.64. The van der Waals surface area contributed by atoms with Crippen molar-refractivity contribution in [2.45, 2.75) is 44.7 Å². The van der Waals surface area contributed by atoms with Crippen molar-refractivity contribution in [3.05, 3.63) is 17.5 Å². The van der Waals surface area contributed by atoms with Crippen LogP contribution < -0.4 is 5.32 Å². The quantitative estimate of drug-likeness (QED) is 0.697. The first kappa shape index (κ1) is 21.2. The van der Waals surface area contributed by atoms with Gasteiger partial charge in [-0.2, -0.15) is 0 Å². The molecule has 1 aromatic heterocycles. The first-order chi connectivity index (χ1) is 13.3. The molecular formula is C18H30N4O5S. The first-order valence-corrected chi connectivity index (χ1v) is 11.7. The van der Waals surface area contributed by atoms with E-state index in [0.29, 0.717) is 51.2 Å². The molecule has 0 bridgehead atoms. The first-order valence-electron chi connectivity index (χ1n) is 9.84. The van der Waals surface area contributed by atoms with Crippen LogP contribution in [0.15, 0.2) is 10.6 Å². The van der Waals surface area contributed by atoms with Crippen LogP contribution in [0.1, 0.15) is 41.9 Å². The van der Waals surface area contributed by atoms with Crippen LogP contribution in [0.4, 0.5) is 0 Å². The molecule has 0 spiro atoms. The van der Waals surface area contributed by atoms with E-state index in [1.165, 1.54) is 6.26 Å². The molecule has 2 aliphatic heterocycles. The van der Waals surface area contributed by atoms with E-state index in [4.69, 9.17) is 9.26 Å². The Balaban J connectivity index is 1.62. The Bertz CT molecular complexity index is 760. The Morgan fingerprint density at radius 1 is 1.32 bits per heavy atom. The number of carbonyl (C=O) groups excluding carboxylic acids is 1. The van der Waals surface area contributed by atoms with Gasteiger partial charge in [0.05, 0.1) is 6.26 Å². The Morgan fingerprint density at radius 2 is 2.07 bits per heavy atom. The highest BCUT2D eigenvalue weighted by Gasteiger charge is 2.33. The maximum Gasteiger partial charge on any atom is 0.273 e. The number of piperidine rings is 1. The minimum Gasteiger partial charge on any atom is -0.381 e. The lowest BCUT2D eigenvalue weighted by molar-refractivity contribution is 0.00672. The second-order valence-electron chi connectivity index (χ2n) is 7.58. The van der Waals surface area contributed by atoms with Gasteiger partial charge in [-0.1, -0.05) is 5.16 Å². The number of amides is 1. The molecule has 0 aromatic carbocycles. The van der Waals surface area contributed by atoms with Crippen LogP contribution in [-0.4, -0.2) is 86.4 Å². The summed E-state index contributed by atoms with van der Waals surface area (Å²) in [6.45, 7) is 5.40. The SMILES string of the molecule is Cc1cc(C(=O)NCCN(C2CCOCC2)C2CCCN(S(C)(=O)=O)C2)no1. The van der Waals surface area contributed by atoms with Crippen molar-refractivity contribution in [1.82, 2.24) is 19.7 Å². The van der Waals surface area contributed by atoms with Crippen molar-refractivity contribution in [2.75, 3.05) is 45.6 Å². The summed E-state index contributed by atoms with van der Waals surface area (Å²) in [6.07, 6.45) is 4.92. The minimum absolute atomic E-state index is 0.151. The highest BCUT2D eigenvalue weighted by atomic mass is 32.2. The summed E-state index contributed by atoms with van der Waals surface area (Å²) in [4.78, 5) is 14.6. The lowest BCUT2D eigenvalue weighted by Crippen LogP contribution is -2.55. The summed E-state index contributed by atoms with van der Waals surface area (Å²) in [6, 6.07) is 2.10. The third-order valence-corrected chi connectivity index (χ3v) is 6.74. The average molecular weight is 415 g/mol. The van der Waals surface area contributed by atoms with E-state index in [-0.39, 0.29) is 17.6 Å². The fourth-order valence-electron chi connectivity index (χ4n) is 4.04. The van der Waals surface area contributed by atoms with Crippen LogP contribution in [0.2, 0.25) is 0 Å². The molecule has 2 fully saturated rings. The summed E-state index contributed by atoms with van der Waals surface area (Å²) >= 11 is 0. The highest BCUT2D eigenvalue weighted by Crippen LogP contribution is 2.24. The molecule has 1 N–H and O–H groups in total. The van der Waals surface area contributed by atoms with E-state index in [1.807, 2.05) is 0 Å². The van der Waals surface area contributed by atoms with Gasteiger partial charge >= 0.3 is 0 Å². The lowest BCUT2D eigenvalue weighted by Gasteiger charge is -2.43. The number of sulfonamides is 1. The van der Waals surface area contributed by atoms with Gasteiger partial charge in [0.2, 0.25) is 10.0 Å². The number of carbonyl (C=O) groups is 1. The molecule has 0 saturated carbocycles. The molecule has 1 atom stereocenters. The number of rotatable bonds is 7. The Hall–Kier alpha value is -1.49. The van der Waals surface area contributed by atoms with Crippen molar-refractivity contribution in [1.29, 1.82) is 0 Å². The van der Waals surface area contributed by atoms with Crippen LogP contribution in [0.3, 0.4) is 0 Å². The largest absolute Gasteiger partial charge is 0.381 e. The summed E-state index contributed by atoms with van der Waals surface area (Å²) in [5.74, 6) is 0.335. The van der Waals surface area contributed by atoms with Crippen LogP contribution in [-0.2, 0) is 14.8 Å². The van der Waals surface area contributed by atoms with Crippen LogP contribution in [0.25, 0.3) is 0 Å². The van der Waals surface area contributed by atoms with E-state index in [2.05, 4.69) is 15.4 Å². The predicted molar refractivity (Wildman–Crippen MR) is 104 cm³/mol. The molecular weight excluding hydrogens is 384 g/mol. The monoisotopic (exact) mass is 414 g/mol. The second-order valence-corrected chi connectivity index (χ2v) is 9.56. The summed E-state index contributed by atoms with van der Waals surface area (Å²) in [7, 11) is -3.20. The van der Waals surface area contributed by atoms with E-state index in [9.17, 15) is 13.2 Å². The molecule has 28 heavy (non-hydrogen) atoms. The molecule has 2 saturated heterocycles. The zero-order valence-corrected chi connectivity index (χ0v) is 17.4. The molecule has 2 aliphatic rings. The van der Waals surface area contributed by atoms with Crippen molar-refractivity contribution in [3.8, 4) is 0 Å². The molecule has 10 heteroatoms. The van der Waals surface area contributed by atoms with Gasteiger partial charge < -0.3 is 14.6 Å². The molecule has 0 aliphatic carbocycles. The third kappa shape index (κ3) is 5.53. The number of aryl methyl sites for hydroxylation is 1. The zero-order chi connectivity index (χ0) is 20.1. The van der Waals surface area contributed by atoms with Crippen molar-refractivity contribution in [3.63, 3.8) is 0 Å². The van der Waals surface area contributed by atoms with Gasteiger partial charge in [-0.05, 0) is 32.6 Å². The number of aromatic nitrogens is 1. The molecule has 1 unspecified atom stereocenters. The minimum atomic E-state index is -3.20. The zero-order valence-electron chi connectivity index (χ0n) is 16.6. The van der Waals surface area contributed by atoms with Gasteiger partial charge in [-0.3, -0.25) is 9.69 Å². The molecule has 158 valence electrons. The van der Waals surface area contributed by atoms with Gasteiger partial charge in [0, 0.05) is 57.5 Å². The molecule has 3 heterocycles. The standard InChI is InChI=1S/C18H30N4O5S/c1-14-12-17(20-27-14)18(23)19-7-9-22(15-5-10-26-11-6-15)16-4-3-8-21(13-16)28(2,24)25/h12,15-16H,3-11,13H2,1-2H3,(H,19,23). The average Bonchev–Trinajstić information content (AvgIpc) is 3.12. The van der Waals surface area contributed by atoms with Crippen molar-refractivity contribution >= 4 is 15.9 Å². The van der Waals surface area contributed by atoms with Crippen molar-refractivity contribution < 1.29 is 22.5 Å². The normalized spacial score (nSPS) is 22.5. The topological polar surface area (TPSA) is 105 Å². The van der Waals surface area contributed by atoms with E-state index in [0.717, 1.165) is 25.7 Å². The van der Waals surface area contributed by atoms with Gasteiger partial charge in [-0.25, -0.2) is 12.7 Å². The van der Waals surface area contributed by atoms with Crippen LogP contribution in [0.5, 0.6) is 0 Å². The van der Waals surface area contributed by atoms with Gasteiger partial charge in [0.1, 0.15) is 5.76 Å². The number of hydrogen-bond donors (Lipinski definition) is 1. The number of hydrogen-bond acceptors (Lipinski definition) is 7. The Labute approximate surface area is 166 Å². The maximum absolute atomic E-state index is 12.2. The van der Waals surface area contributed by atoms with E-state index in [1.54, 1.807) is 17.3 Å². The fraction of sp³-hybridized carbons (Fsp3) is 0.778. The van der Waals surface area contributed by atoms with Gasteiger partial charge in [0.15, 0.2) is 5.69 Å². The predicted octanol–water partition coefficient (Wildman–Crippen LogP) is 0.618. The lowest BCUT2D eigenvalue weighted by atomic mass is 9.99.